The van der Waals surface area contributed by atoms with Crippen molar-refractivity contribution in [2.45, 2.75) is 17.5 Å². The third-order valence-corrected chi connectivity index (χ3v) is 7.35. The summed E-state index contributed by atoms with van der Waals surface area (Å²) in [5.74, 6) is 0. The Labute approximate surface area is 186 Å². The van der Waals surface area contributed by atoms with E-state index in [1.807, 2.05) is 0 Å². The summed E-state index contributed by atoms with van der Waals surface area (Å²) >= 11 is 12.5. The second kappa shape index (κ2) is 7.89. The van der Waals surface area contributed by atoms with E-state index in [4.69, 9.17) is 23.2 Å². The molecule has 31 heavy (non-hydrogen) atoms. The van der Waals surface area contributed by atoms with Gasteiger partial charge in [-0.1, -0.05) is 53.5 Å². The monoisotopic (exact) mass is 483 g/mol. The van der Waals surface area contributed by atoms with Crippen LogP contribution in [-0.2, 0) is 22.6 Å². The number of alkyl halides is 3. The molecule has 0 saturated heterocycles. The molecule has 0 bridgehead atoms. The molecule has 3 aromatic carbocycles. The maximum absolute atomic E-state index is 13.5. The number of hydrogen-bond donors (Lipinski definition) is 0. The first-order valence-electron chi connectivity index (χ1n) is 9.04. The van der Waals surface area contributed by atoms with Crippen LogP contribution in [-0.4, -0.2) is 12.4 Å². The Morgan fingerprint density at radius 1 is 0.839 bits per heavy atom. The maximum Gasteiger partial charge on any atom is 0.416 e. The number of hydrogen-bond acceptors (Lipinski definition) is 2. The van der Waals surface area contributed by atoms with Gasteiger partial charge in [-0.15, -0.1) is 0 Å². The average Bonchev–Trinajstić information content (AvgIpc) is 3.09. The van der Waals surface area contributed by atoms with Gasteiger partial charge in [-0.2, -0.15) is 13.2 Å². The lowest BCUT2D eigenvalue weighted by atomic mass is 10.1. The van der Waals surface area contributed by atoms with E-state index in [1.54, 1.807) is 36.4 Å². The van der Waals surface area contributed by atoms with Crippen LogP contribution in [0.1, 0.15) is 16.8 Å². The van der Waals surface area contributed by atoms with Crippen LogP contribution in [0, 0.1) is 0 Å². The largest absolute Gasteiger partial charge is 0.416 e. The highest BCUT2D eigenvalue weighted by Crippen LogP contribution is 2.35. The minimum Gasteiger partial charge on any atom is -0.238 e. The summed E-state index contributed by atoms with van der Waals surface area (Å²) in [7, 11) is -4.20. The van der Waals surface area contributed by atoms with Crippen molar-refractivity contribution in [3.8, 4) is 0 Å². The summed E-state index contributed by atoms with van der Waals surface area (Å²) in [6, 6.07) is 17.0. The van der Waals surface area contributed by atoms with Gasteiger partial charge >= 0.3 is 6.18 Å². The fraction of sp³-hybridized carbons (Fsp3) is 0.0909. The molecular formula is C22H14Cl2F3NO2S. The molecule has 4 rings (SSSR count). The zero-order valence-electron chi connectivity index (χ0n) is 15.7. The topological polar surface area (TPSA) is 39.1 Å². The van der Waals surface area contributed by atoms with Gasteiger partial charge in [-0.05, 0) is 48.0 Å². The van der Waals surface area contributed by atoms with E-state index < -0.39 is 21.8 Å². The van der Waals surface area contributed by atoms with Crippen LogP contribution >= 0.6 is 23.2 Å². The first kappa shape index (κ1) is 21.7. The van der Waals surface area contributed by atoms with Crippen molar-refractivity contribution in [3.63, 3.8) is 0 Å². The number of fused-ring (bicyclic) bond motifs is 1. The third kappa shape index (κ3) is 4.05. The van der Waals surface area contributed by atoms with E-state index in [2.05, 4.69) is 0 Å². The third-order valence-electron chi connectivity index (χ3n) is 4.86. The minimum atomic E-state index is -4.62. The molecule has 4 aromatic rings. The quantitative estimate of drug-likeness (QED) is 0.320. The number of benzene rings is 3. The molecule has 1 heterocycles. The van der Waals surface area contributed by atoms with Crippen molar-refractivity contribution >= 4 is 44.1 Å². The van der Waals surface area contributed by atoms with E-state index in [0.29, 0.717) is 21.0 Å². The lowest BCUT2D eigenvalue weighted by Gasteiger charge is -2.14. The summed E-state index contributed by atoms with van der Waals surface area (Å²) in [6.45, 7) is 0. The molecule has 0 radical (unpaired) electrons. The lowest BCUT2D eigenvalue weighted by molar-refractivity contribution is -0.137. The van der Waals surface area contributed by atoms with E-state index in [-0.39, 0.29) is 22.5 Å². The summed E-state index contributed by atoms with van der Waals surface area (Å²) in [6.07, 6.45) is -4.60. The van der Waals surface area contributed by atoms with Crippen LogP contribution in [0.4, 0.5) is 13.2 Å². The maximum atomic E-state index is 13.5. The van der Waals surface area contributed by atoms with Crippen molar-refractivity contribution in [2.75, 3.05) is 0 Å². The van der Waals surface area contributed by atoms with Crippen LogP contribution < -0.4 is 0 Å². The average molecular weight is 484 g/mol. The second-order valence-corrected chi connectivity index (χ2v) is 9.47. The zero-order valence-corrected chi connectivity index (χ0v) is 18.0. The fourth-order valence-electron chi connectivity index (χ4n) is 3.40. The Hall–Kier alpha value is -2.48. The molecule has 0 saturated carbocycles. The van der Waals surface area contributed by atoms with Gasteiger partial charge in [0.05, 0.1) is 16.0 Å². The van der Waals surface area contributed by atoms with Crippen LogP contribution in [0.2, 0.25) is 10.0 Å². The van der Waals surface area contributed by atoms with Gasteiger partial charge in [0.2, 0.25) is 0 Å². The molecule has 0 unspecified atom stereocenters. The normalized spacial score (nSPS) is 12.4. The van der Waals surface area contributed by atoms with Gasteiger partial charge in [0.15, 0.2) is 0 Å². The summed E-state index contributed by atoms with van der Waals surface area (Å²) in [5.41, 5.74) is -0.288. The van der Waals surface area contributed by atoms with Gasteiger partial charge in [-0.25, -0.2) is 12.4 Å². The number of rotatable bonds is 4. The molecule has 0 fully saturated rings. The zero-order chi connectivity index (χ0) is 22.4. The Kier molecular flexibility index (Phi) is 5.54. The van der Waals surface area contributed by atoms with Crippen LogP contribution in [0.3, 0.4) is 0 Å². The van der Waals surface area contributed by atoms with E-state index in [1.165, 1.54) is 24.3 Å². The predicted molar refractivity (Wildman–Crippen MR) is 115 cm³/mol. The number of nitrogens with zero attached hydrogens (tertiary/aromatic N) is 1. The molecule has 1 aromatic heterocycles. The van der Waals surface area contributed by atoms with Gasteiger partial charge in [-0.3, -0.25) is 0 Å². The molecule has 0 spiro atoms. The molecule has 160 valence electrons. The lowest BCUT2D eigenvalue weighted by Crippen LogP contribution is -2.16. The van der Waals surface area contributed by atoms with Gasteiger partial charge in [0.1, 0.15) is 0 Å². The van der Waals surface area contributed by atoms with Gasteiger partial charge in [0, 0.05) is 27.5 Å². The van der Waals surface area contributed by atoms with E-state index in [0.717, 1.165) is 16.1 Å². The molecule has 3 nitrogen and oxygen atoms in total. The molecule has 0 aliphatic heterocycles. The number of aromatic nitrogens is 1. The highest BCUT2D eigenvalue weighted by molar-refractivity contribution is 7.90. The highest BCUT2D eigenvalue weighted by Gasteiger charge is 2.32. The SMILES string of the molecule is O=S(=O)(c1ccccc1)n1c(Cc2c(Cl)cccc2Cl)cc2ccc(C(F)(F)F)cc21. The fourth-order valence-corrected chi connectivity index (χ4v) is 5.48. The van der Waals surface area contributed by atoms with Crippen molar-refractivity contribution in [1.29, 1.82) is 0 Å². The Morgan fingerprint density at radius 3 is 2.10 bits per heavy atom. The van der Waals surface area contributed by atoms with Crippen molar-refractivity contribution in [2.24, 2.45) is 0 Å². The predicted octanol–water partition coefficient (Wildman–Crippen LogP) is 6.79. The highest BCUT2D eigenvalue weighted by atomic mass is 35.5. The second-order valence-electron chi connectivity index (χ2n) is 6.87. The van der Waals surface area contributed by atoms with Crippen molar-refractivity contribution in [1.82, 2.24) is 3.97 Å². The molecule has 0 atom stereocenters. The van der Waals surface area contributed by atoms with E-state index in [9.17, 15) is 21.6 Å². The van der Waals surface area contributed by atoms with Gasteiger partial charge in [0.25, 0.3) is 10.0 Å². The van der Waals surface area contributed by atoms with Crippen LogP contribution in [0.15, 0.2) is 77.7 Å². The standard InChI is InChI=1S/C22H14Cl2F3NO2S/c23-19-7-4-8-20(24)18(19)13-16-11-14-9-10-15(22(25,26)27)12-21(14)28(16)31(29,30)17-5-2-1-3-6-17/h1-12H,13H2. The Balaban J connectivity index is 2.01. The molecule has 9 heteroatoms. The van der Waals surface area contributed by atoms with E-state index >= 15 is 0 Å². The summed E-state index contributed by atoms with van der Waals surface area (Å²) in [4.78, 5) is -0.0450. The molecule has 0 aliphatic carbocycles. The smallest absolute Gasteiger partial charge is 0.238 e. The van der Waals surface area contributed by atoms with Gasteiger partial charge < -0.3 is 0 Å². The first-order chi connectivity index (χ1) is 14.6. The summed E-state index contributed by atoms with van der Waals surface area (Å²) < 4.78 is 67.9. The molecule has 0 N–H and O–H groups in total. The van der Waals surface area contributed by atoms with Crippen molar-refractivity contribution in [3.05, 3.63) is 99.7 Å². The molecule has 0 amide bonds. The first-order valence-corrected chi connectivity index (χ1v) is 11.2. The Bertz CT molecular complexity index is 1360. The molecular weight excluding hydrogens is 470 g/mol. The number of halogens is 5. The van der Waals surface area contributed by atoms with Crippen LogP contribution in [0.5, 0.6) is 0 Å². The summed E-state index contributed by atoms with van der Waals surface area (Å²) in [5, 5.41) is 1.01. The van der Waals surface area contributed by atoms with Crippen LogP contribution in [0.25, 0.3) is 10.9 Å². The molecule has 0 aliphatic rings. The van der Waals surface area contributed by atoms with Crippen molar-refractivity contribution < 1.29 is 21.6 Å². The minimum absolute atomic E-state index is 0.0145. The Morgan fingerprint density at radius 2 is 1.48 bits per heavy atom.